The van der Waals surface area contributed by atoms with Crippen molar-refractivity contribution < 1.29 is 23.8 Å². The largest absolute Gasteiger partial charge is 0.504 e. The van der Waals surface area contributed by atoms with Gasteiger partial charge < -0.3 is 19.0 Å². The standard InChI is InChI=1S/C19H16O5/c1-10-12-2-3-14-13(4-5-19(14)23-6-7-24-19)16(12)17(21)18-15(10)11(8-20)9-22-18/h2-3,8-9,21H,4-7H2,1H3. The predicted octanol–water partition coefficient (Wildman–Crippen LogP) is 3.56. The lowest BCUT2D eigenvalue weighted by atomic mass is 9.93. The second-order valence-corrected chi connectivity index (χ2v) is 6.45. The number of benzene rings is 2. The smallest absolute Gasteiger partial charge is 0.195 e. The second kappa shape index (κ2) is 4.59. The van der Waals surface area contributed by atoms with Gasteiger partial charge in [-0.2, -0.15) is 0 Å². The molecule has 1 fully saturated rings. The van der Waals surface area contributed by atoms with Gasteiger partial charge in [-0.3, -0.25) is 4.79 Å². The van der Waals surface area contributed by atoms with Crippen LogP contribution in [0.15, 0.2) is 22.8 Å². The molecule has 0 saturated carbocycles. The highest BCUT2D eigenvalue weighted by molar-refractivity contribution is 6.12. The number of rotatable bonds is 1. The number of ether oxygens (including phenoxy) is 2. The Kier molecular flexibility index (Phi) is 2.68. The fourth-order valence-corrected chi connectivity index (χ4v) is 4.29. The molecule has 1 aromatic heterocycles. The maximum absolute atomic E-state index is 11.3. The van der Waals surface area contributed by atoms with Gasteiger partial charge in [0.25, 0.3) is 0 Å². The van der Waals surface area contributed by atoms with Gasteiger partial charge in [0.15, 0.2) is 23.4 Å². The third-order valence-electron chi connectivity index (χ3n) is 5.36. The third-order valence-corrected chi connectivity index (χ3v) is 5.36. The molecule has 2 aliphatic rings. The quantitative estimate of drug-likeness (QED) is 0.693. The van der Waals surface area contributed by atoms with E-state index in [1.54, 1.807) is 0 Å². The zero-order valence-corrected chi connectivity index (χ0v) is 13.2. The first-order valence-corrected chi connectivity index (χ1v) is 8.08. The zero-order chi connectivity index (χ0) is 16.5. The van der Waals surface area contributed by atoms with Crippen LogP contribution in [0.5, 0.6) is 5.75 Å². The normalized spacial score (nSPS) is 18.7. The fourth-order valence-electron chi connectivity index (χ4n) is 4.29. The van der Waals surface area contributed by atoms with Gasteiger partial charge >= 0.3 is 0 Å². The monoisotopic (exact) mass is 324 g/mol. The Morgan fingerprint density at radius 3 is 2.75 bits per heavy atom. The topological polar surface area (TPSA) is 68.9 Å². The number of aldehydes is 1. The van der Waals surface area contributed by atoms with Gasteiger partial charge in [-0.05, 0) is 29.9 Å². The molecule has 1 saturated heterocycles. The molecule has 2 heterocycles. The lowest BCUT2D eigenvalue weighted by Gasteiger charge is -2.23. The van der Waals surface area contributed by atoms with Crippen molar-refractivity contribution in [2.24, 2.45) is 0 Å². The molecule has 5 heteroatoms. The van der Waals surface area contributed by atoms with E-state index in [9.17, 15) is 9.90 Å². The third kappa shape index (κ3) is 1.53. The van der Waals surface area contributed by atoms with E-state index in [4.69, 9.17) is 13.9 Å². The Labute approximate surface area is 137 Å². The number of carbonyl (C=O) groups is 1. The number of aryl methyl sites for hydroxylation is 2. The molecule has 0 unspecified atom stereocenters. The highest BCUT2D eigenvalue weighted by Gasteiger charge is 2.45. The van der Waals surface area contributed by atoms with Crippen molar-refractivity contribution in [2.45, 2.75) is 25.6 Å². The minimum Gasteiger partial charge on any atom is -0.504 e. The van der Waals surface area contributed by atoms with E-state index in [-0.39, 0.29) is 5.75 Å². The van der Waals surface area contributed by atoms with Gasteiger partial charge in [0.05, 0.1) is 18.8 Å². The lowest BCUT2D eigenvalue weighted by molar-refractivity contribution is -0.163. The van der Waals surface area contributed by atoms with E-state index in [0.717, 1.165) is 46.6 Å². The Balaban J connectivity index is 1.91. The molecule has 0 radical (unpaired) electrons. The van der Waals surface area contributed by atoms with Crippen LogP contribution in [0.4, 0.5) is 0 Å². The van der Waals surface area contributed by atoms with E-state index < -0.39 is 5.79 Å². The number of phenols is 1. The Morgan fingerprint density at radius 2 is 2.00 bits per heavy atom. The van der Waals surface area contributed by atoms with Crippen molar-refractivity contribution in [2.75, 3.05) is 13.2 Å². The van der Waals surface area contributed by atoms with Crippen LogP contribution in [0.2, 0.25) is 0 Å². The highest BCUT2D eigenvalue weighted by Crippen LogP contribution is 2.49. The first-order chi connectivity index (χ1) is 11.7. The van der Waals surface area contributed by atoms with Crippen molar-refractivity contribution in [1.82, 2.24) is 0 Å². The van der Waals surface area contributed by atoms with Crippen LogP contribution in [0.3, 0.4) is 0 Å². The van der Waals surface area contributed by atoms with Crippen LogP contribution in [-0.4, -0.2) is 24.6 Å². The van der Waals surface area contributed by atoms with Gasteiger partial charge in [-0.1, -0.05) is 12.1 Å². The first-order valence-electron chi connectivity index (χ1n) is 8.08. The summed E-state index contributed by atoms with van der Waals surface area (Å²) in [6.45, 7) is 3.12. The van der Waals surface area contributed by atoms with Crippen LogP contribution in [0.25, 0.3) is 21.7 Å². The highest BCUT2D eigenvalue weighted by atomic mass is 16.7. The molecule has 122 valence electrons. The van der Waals surface area contributed by atoms with Crippen LogP contribution < -0.4 is 0 Å². The van der Waals surface area contributed by atoms with E-state index in [1.165, 1.54) is 6.26 Å². The van der Waals surface area contributed by atoms with Gasteiger partial charge in [0.2, 0.25) is 0 Å². The molecule has 5 rings (SSSR count). The summed E-state index contributed by atoms with van der Waals surface area (Å²) in [6, 6.07) is 4.00. The van der Waals surface area contributed by atoms with E-state index in [0.29, 0.717) is 29.7 Å². The van der Waals surface area contributed by atoms with Crippen molar-refractivity contribution in [3.63, 3.8) is 0 Å². The summed E-state index contributed by atoms with van der Waals surface area (Å²) in [5, 5.41) is 13.2. The minimum atomic E-state index is -0.671. The number of aromatic hydroxyl groups is 1. The molecule has 1 N–H and O–H groups in total. The van der Waals surface area contributed by atoms with Gasteiger partial charge in [0, 0.05) is 22.8 Å². The van der Waals surface area contributed by atoms with Crippen molar-refractivity contribution in [3.8, 4) is 5.75 Å². The Bertz CT molecular complexity index is 1010. The zero-order valence-electron chi connectivity index (χ0n) is 13.2. The molecule has 2 aromatic carbocycles. The maximum atomic E-state index is 11.3. The SMILES string of the molecule is Cc1c2ccc3c(c2c(O)c2occ(C=O)c12)CCC31OCCO1. The number of phenolic OH excluding ortho intramolecular Hbond substituents is 1. The van der Waals surface area contributed by atoms with Gasteiger partial charge in [-0.25, -0.2) is 0 Å². The number of hydrogen-bond acceptors (Lipinski definition) is 5. The van der Waals surface area contributed by atoms with Crippen LogP contribution >= 0.6 is 0 Å². The molecule has 1 aliphatic heterocycles. The summed E-state index contributed by atoms with van der Waals surface area (Å²) in [6.07, 6.45) is 3.67. The number of hydrogen-bond donors (Lipinski definition) is 1. The number of furan rings is 1. The summed E-state index contributed by atoms with van der Waals surface area (Å²) < 4.78 is 17.3. The number of fused-ring (bicyclic) bond motifs is 5. The van der Waals surface area contributed by atoms with E-state index in [2.05, 4.69) is 0 Å². The Morgan fingerprint density at radius 1 is 1.21 bits per heavy atom. The molecular weight excluding hydrogens is 308 g/mol. The number of carbonyl (C=O) groups excluding carboxylic acids is 1. The molecule has 1 aliphatic carbocycles. The summed E-state index contributed by atoms with van der Waals surface area (Å²) >= 11 is 0. The lowest BCUT2D eigenvalue weighted by Crippen LogP contribution is -2.23. The maximum Gasteiger partial charge on any atom is 0.195 e. The second-order valence-electron chi connectivity index (χ2n) is 6.45. The average Bonchev–Trinajstić information content (AvgIpc) is 3.32. The molecule has 1 spiro atoms. The van der Waals surface area contributed by atoms with Crippen molar-refractivity contribution >= 4 is 28.0 Å². The molecule has 0 atom stereocenters. The first kappa shape index (κ1) is 14.0. The van der Waals surface area contributed by atoms with E-state index >= 15 is 0 Å². The molecule has 5 nitrogen and oxygen atoms in total. The molecule has 0 bridgehead atoms. The van der Waals surface area contributed by atoms with Gasteiger partial charge in [-0.15, -0.1) is 0 Å². The van der Waals surface area contributed by atoms with Crippen LogP contribution in [0, 0.1) is 6.92 Å². The molecule has 0 amide bonds. The van der Waals surface area contributed by atoms with Crippen LogP contribution in [-0.2, 0) is 21.7 Å². The average molecular weight is 324 g/mol. The minimum absolute atomic E-state index is 0.0885. The molecule has 24 heavy (non-hydrogen) atoms. The predicted molar refractivity (Wildman–Crippen MR) is 87.4 cm³/mol. The van der Waals surface area contributed by atoms with Crippen molar-refractivity contribution in [1.29, 1.82) is 0 Å². The molecule has 3 aromatic rings. The summed E-state index contributed by atoms with van der Waals surface area (Å²) in [5.74, 6) is -0.582. The summed E-state index contributed by atoms with van der Waals surface area (Å²) in [7, 11) is 0. The van der Waals surface area contributed by atoms with Crippen molar-refractivity contribution in [3.05, 3.63) is 40.6 Å². The molecular formula is C19H16O5. The summed E-state index contributed by atoms with van der Waals surface area (Å²) in [5.41, 5.74) is 3.79. The van der Waals surface area contributed by atoms with E-state index in [1.807, 2.05) is 19.1 Å². The van der Waals surface area contributed by atoms with Gasteiger partial charge in [0.1, 0.15) is 6.26 Å². The van der Waals surface area contributed by atoms with Crippen LogP contribution in [0.1, 0.15) is 33.5 Å². The fraction of sp³-hybridized carbons (Fsp3) is 0.316. The Hall–Kier alpha value is -2.37. The summed E-state index contributed by atoms with van der Waals surface area (Å²) in [4.78, 5) is 11.3.